The van der Waals surface area contributed by atoms with E-state index < -0.39 is 0 Å². The summed E-state index contributed by atoms with van der Waals surface area (Å²) in [6.07, 6.45) is 0. The van der Waals surface area contributed by atoms with E-state index in [2.05, 4.69) is 21.2 Å². The molecule has 1 aromatic carbocycles. The lowest BCUT2D eigenvalue weighted by atomic mass is 10.2. The Morgan fingerprint density at radius 3 is 2.87 bits per heavy atom. The maximum absolute atomic E-state index is 9.58. The highest BCUT2D eigenvalue weighted by Gasteiger charge is 2.07. The number of phenols is 1. The molecule has 5 heteroatoms. The Balaban J connectivity index is 2.77. The van der Waals surface area contributed by atoms with Gasteiger partial charge in [0, 0.05) is 19.6 Å². The number of nitrogens with one attached hydrogen (secondary N) is 1. The van der Waals surface area contributed by atoms with E-state index >= 15 is 0 Å². The number of hydrogen-bond acceptors (Lipinski definition) is 4. The number of nitrogens with two attached hydrogens (primary N) is 1. The van der Waals surface area contributed by atoms with Crippen molar-refractivity contribution in [1.82, 2.24) is 5.32 Å². The second kappa shape index (κ2) is 5.95. The normalized spacial score (nSPS) is 10.3. The molecule has 84 valence electrons. The van der Waals surface area contributed by atoms with Crippen molar-refractivity contribution in [3.05, 3.63) is 22.2 Å². The first-order valence-corrected chi connectivity index (χ1v) is 5.44. The highest BCUT2D eigenvalue weighted by Crippen LogP contribution is 2.35. The standard InChI is InChI=1S/C10H15BrN2O2/c1-15-9-5-7(6-13-3-2-12)4-8(11)10(9)14/h4-5,13-14H,2-3,6,12H2,1H3. The van der Waals surface area contributed by atoms with Crippen LogP contribution in [-0.2, 0) is 6.54 Å². The van der Waals surface area contributed by atoms with Crippen LogP contribution in [0.3, 0.4) is 0 Å². The molecule has 0 aliphatic rings. The Kier molecular flexibility index (Phi) is 4.87. The molecule has 0 aromatic heterocycles. The molecule has 0 saturated heterocycles. The first-order valence-electron chi connectivity index (χ1n) is 4.65. The Morgan fingerprint density at radius 2 is 2.27 bits per heavy atom. The third-order valence-corrected chi connectivity index (χ3v) is 2.56. The molecule has 4 N–H and O–H groups in total. The Bertz CT molecular complexity index is 331. The molecule has 15 heavy (non-hydrogen) atoms. The van der Waals surface area contributed by atoms with Gasteiger partial charge in [-0.3, -0.25) is 0 Å². The summed E-state index contributed by atoms with van der Waals surface area (Å²) in [6, 6.07) is 3.64. The van der Waals surface area contributed by atoms with Gasteiger partial charge in [-0.05, 0) is 33.6 Å². The summed E-state index contributed by atoms with van der Waals surface area (Å²) in [4.78, 5) is 0. The van der Waals surface area contributed by atoms with Crippen molar-refractivity contribution in [1.29, 1.82) is 0 Å². The van der Waals surface area contributed by atoms with E-state index in [0.717, 1.165) is 12.1 Å². The van der Waals surface area contributed by atoms with Crippen LogP contribution in [0.4, 0.5) is 0 Å². The minimum absolute atomic E-state index is 0.125. The van der Waals surface area contributed by atoms with Crippen molar-refractivity contribution in [2.75, 3.05) is 20.2 Å². The third kappa shape index (κ3) is 3.37. The SMILES string of the molecule is COc1cc(CNCCN)cc(Br)c1O. The van der Waals surface area contributed by atoms with Gasteiger partial charge in [-0.25, -0.2) is 0 Å². The number of ether oxygens (including phenoxy) is 1. The summed E-state index contributed by atoms with van der Waals surface area (Å²) in [5.41, 5.74) is 6.40. The maximum Gasteiger partial charge on any atom is 0.172 e. The van der Waals surface area contributed by atoms with Crippen LogP contribution in [0, 0.1) is 0 Å². The molecule has 0 aliphatic heterocycles. The molecular weight excluding hydrogens is 260 g/mol. The highest BCUT2D eigenvalue weighted by atomic mass is 79.9. The van der Waals surface area contributed by atoms with Crippen molar-refractivity contribution in [2.45, 2.75) is 6.54 Å². The molecule has 0 radical (unpaired) electrons. The zero-order chi connectivity index (χ0) is 11.3. The van der Waals surface area contributed by atoms with Gasteiger partial charge in [-0.15, -0.1) is 0 Å². The number of aromatic hydroxyl groups is 1. The number of hydrogen-bond donors (Lipinski definition) is 3. The monoisotopic (exact) mass is 274 g/mol. The van der Waals surface area contributed by atoms with Gasteiger partial charge in [-0.2, -0.15) is 0 Å². The van der Waals surface area contributed by atoms with Crippen LogP contribution in [0.1, 0.15) is 5.56 Å². The van der Waals surface area contributed by atoms with E-state index in [1.165, 1.54) is 7.11 Å². The molecular formula is C10H15BrN2O2. The van der Waals surface area contributed by atoms with E-state index in [1.54, 1.807) is 6.07 Å². The van der Waals surface area contributed by atoms with Crippen LogP contribution in [0.2, 0.25) is 0 Å². The number of halogens is 1. The molecule has 1 aromatic rings. The molecule has 0 saturated carbocycles. The van der Waals surface area contributed by atoms with Gasteiger partial charge in [0.25, 0.3) is 0 Å². The maximum atomic E-state index is 9.58. The van der Waals surface area contributed by atoms with Gasteiger partial charge in [0.2, 0.25) is 0 Å². The van der Waals surface area contributed by atoms with Crippen molar-refractivity contribution in [3.8, 4) is 11.5 Å². The van der Waals surface area contributed by atoms with Gasteiger partial charge in [0.05, 0.1) is 11.6 Å². The molecule has 0 bridgehead atoms. The predicted molar refractivity (Wildman–Crippen MR) is 63.1 cm³/mol. The Hall–Kier alpha value is -0.780. The van der Waals surface area contributed by atoms with Crippen LogP contribution < -0.4 is 15.8 Å². The minimum Gasteiger partial charge on any atom is -0.503 e. The van der Waals surface area contributed by atoms with Gasteiger partial charge < -0.3 is 20.9 Å². The Morgan fingerprint density at radius 1 is 1.53 bits per heavy atom. The van der Waals surface area contributed by atoms with Gasteiger partial charge in [0.1, 0.15) is 0 Å². The van der Waals surface area contributed by atoms with Crippen LogP contribution >= 0.6 is 15.9 Å². The number of phenolic OH excluding ortho intramolecular Hbond substituents is 1. The molecule has 0 amide bonds. The molecule has 1 rings (SSSR count). The summed E-state index contributed by atoms with van der Waals surface area (Å²) in [5, 5.41) is 12.7. The van der Waals surface area contributed by atoms with Crippen molar-refractivity contribution in [3.63, 3.8) is 0 Å². The van der Waals surface area contributed by atoms with Gasteiger partial charge in [-0.1, -0.05) is 0 Å². The fraction of sp³-hybridized carbons (Fsp3) is 0.400. The predicted octanol–water partition coefficient (Wildman–Crippen LogP) is 1.21. The largest absolute Gasteiger partial charge is 0.503 e. The first kappa shape index (κ1) is 12.3. The molecule has 0 fully saturated rings. The lowest BCUT2D eigenvalue weighted by Crippen LogP contribution is -2.21. The summed E-state index contributed by atoms with van der Waals surface area (Å²) in [6.45, 7) is 2.07. The summed E-state index contributed by atoms with van der Waals surface area (Å²) < 4.78 is 5.67. The fourth-order valence-electron chi connectivity index (χ4n) is 1.22. The van der Waals surface area contributed by atoms with Crippen LogP contribution in [0.25, 0.3) is 0 Å². The molecule has 0 heterocycles. The molecule has 0 spiro atoms. The Labute approximate surface area is 97.6 Å². The quantitative estimate of drug-likeness (QED) is 0.707. The van der Waals surface area contributed by atoms with E-state index in [4.69, 9.17) is 10.5 Å². The topological polar surface area (TPSA) is 67.5 Å². The van der Waals surface area contributed by atoms with E-state index in [-0.39, 0.29) is 5.75 Å². The van der Waals surface area contributed by atoms with Crippen LogP contribution in [0.15, 0.2) is 16.6 Å². The highest BCUT2D eigenvalue weighted by molar-refractivity contribution is 9.10. The molecule has 4 nitrogen and oxygen atoms in total. The smallest absolute Gasteiger partial charge is 0.172 e. The van der Waals surface area contributed by atoms with Crippen molar-refractivity contribution >= 4 is 15.9 Å². The van der Waals surface area contributed by atoms with Gasteiger partial charge in [0.15, 0.2) is 11.5 Å². The summed E-state index contributed by atoms with van der Waals surface area (Å²) in [5.74, 6) is 0.592. The van der Waals surface area contributed by atoms with Crippen LogP contribution in [0.5, 0.6) is 11.5 Å². The first-order chi connectivity index (χ1) is 7.19. The summed E-state index contributed by atoms with van der Waals surface area (Å²) >= 11 is 3.26. The fourth-order valence-corrected chi connectivity index (χ4v) is 1.71. The summed E-state index contributed by atoms with van der Waals surface area (Å²) in [7, 11) is 1.53. The number of benzene rings is 1. The second-order valence-electron chi connectivity index (χ2n) is 3.09. The van der Waals surface area contributed by atoms with Crippen molar-refractivity contribution in [2.24, 2.45) is 5.73 Å². The third-order valence-electron chi connectivity index (χ3n) is 1.96. The lowest BCUT2D eigenvalue weighted by Gasteiger charge is -2.09. The zero-order valence-corrected chi connectivity index (χ0v) is 10.2. The lowest BCUT2D eigenvalue weighted by molar-refractivity contribution is 0.371. The van der Waals surface area contributed by atoms with Crippen LogP contribution in [-0.4, -0.2) is 25.3 Å². The zero-order valence-electron chi connectivity index (χ0n) is 8.59. The average Bonchev–Trinajstić information content (AvgIpc) is 2.23. The average molecular weight is 275 g/mol. The molecule has 0 atom stereocenters. The van der Waals surface area contributed by atoms with E-state index in [1.807, 2.05) is 6.07 Å². The second-order valence-corrected chi connectivity index (χ2v) is 3.95. The van der Waals surface area contributed by atoms with E-state index in [9.17, 15) is 5.11 Å². The van der Waals surface area contributed by atoms with Crippen molar-refractivity contribution < 1.29 is 9.84 Å². The minimum atomic E-state index is 0.125. The molecule has 0 aliphatic carbocycles. The van der Waals surface area contributed by atoms with Gasteiger partial charge >= 0.3 is 0 Å². The van der Waals surface area contributed by atoms with E-state index in [0.29, 0.717) is 23.3 Å². The number of methoxy groups -OCH3 is 1. The number of rotatable bonds is 5. The molecule has 0 unspecified atom stereocenters.